The molecule has 0 spiro atoms. The van der Waals surface area contributed by atoms with E-state index in [0.717, 1.165) is 16.9 Å². The number of nitrogens with zero attached hydrogens (tertiary/aromatic N) is 1. The summed E-state index contributed by atoms with van der Waals surface area (Å²) in [6, 6.07) is 7.83. The van der Waals surface area contributed by atoms with Crippen molar-refractivity contribution < 1.29 is 0 Å². The molecule has 1 aromatic heterocycles. The molecule has 0 unspecified atom stereocenters. The first-order valence-corrected chi connectivity index (χ1v) is 5.86. The van der Waals surface area contributed by atoms with Crippen molar-refractivity contribution in [1.82, 2.24) is 4.98 Å². The fourth-order valence-corrected chi connectivity index (χ4v) is 2.18. The SMILES string of the molecule is CC(C)c1nc(-c2ccc(N)cc2)cs1. The lowest BCUT2D eigenvalue weighted by Crippen LogP contribution is -1.86. The molecule has 2 rings (SSSR count). The molecule has 0 fully saturated rings. The summed E-state index contributed by atoms with van der Waals surface area (Å²) >= 11 is 1.71. The highest BCUT2D eigenvalue weighted by molar-refractivity contribution is 7.10. The van der Waals surface area contributed by atoms with Gasteiger partial charge in [-0.1, -0.05) is 26.0 Å². The second-order valence-electron chi connectivity index (χ2n) is 3.85. The smallest absolute Gasteiger partial charge is 0.0958 e. The number of thiazole rings is 1. The molecule has 0 radical (unpaired) electrons. The van der Waals surface area contributed by atoms with E-state index in [9.17, 15) is 0 Å². The fourth-order valence-electron chi connectivity index (χ4n) is 1.34. The number of anilines is 1. The molecule has 0 aliphatic heterocycles. The average Bonchev–Trinajstić information content (AvgIpc) is 2.68. The molecule has 2 aromatic rings. The summed E-state index contributed by atoms with van der Waals surface area (Å²) in [4.78, 5) is 4.59. The van der Waals surface area contributed by atoms with E-state index in [0.29, 0.717) is 5.92 Å². The Labute approximate surface area is 93.8 Å². The topological polar surface area (TPSA) is 38.9 Å². The van der Waals surface area contributed by atoms with Crippen LogP contribution >= 0.6 is 11.3 Å². The van der Waals surface area contributed by atoms with Gasteiger partial charge < -0.3 is 5.73 Å². The van der Waals surface area contributed by atoms with Crippen LogP contribution in [-0.4, -0.2) is 4.98 Å². The molecule has 1 aromatic carbocycles. The van der Waals surface area contributed by atoms with Crippen molar-refractivity contribution in [1.29, 1.82) is 0 Å². The van der Waals surface area contributed by atoms with E-state index in [4.69, 9.17) is 5.73 Å². The average molecular weight is 218 g/mol. The third kappa shape index (κ3) is 2.18. The van der Waals surface area contributed by atoms with E-state index in [1.54, 1.807) is 11.3 Å². The van der Waals surface area contributed by atoms with Crippen molar-refractivity contribution in [3.63, 3.8) is 0 Å². The lowest BCUT2D eigenvalue weighted by atomic mass is 10.1. The van der Waals surface area contributed by atoms with Gasteiger partial charge in [-0.05, 0) is 12.1 Å². The maximum Gasteiger partial charge on any atom is 0.0958 e. The van der Waals surface area contributed by atoms with E-state index in [-0.39, 0.29) is 0 Å². The number of nitrogen functional groups attached to an aromatic ring is 1. The molecule has 3 heteroatoms. The second kappa shape index (κ2) is 4.03. The molecule has 2 nitrogen and oxygen atoms in total. The normalized spacial score (nSPS) is 10.9. The zero-order valence-corrected chi connectivity index (χ0v) is 9.71. The minimum atomic E-state index is 0.498. The minimum absolute atomic E-state index is 0.498. The van der Waals surface area contributed by atoms with Crippen LogP contribution in [0.3, 0.4) is 0 Å². The van der Waals surface area contributed by atoms with Gasteiger partial charge in [0.05, 0.1) is 10.7 Å². The Morgan fingerprint density at radius 2 is 1.87 bits per heavy atom. The highest BCUT2D eigenvalue weighted by Gasteiger charge is 2.06. The first-order valence-electron chi connectivity index (χ1n) is 4.98. The van der Waals surface area contributed by atoms with Crippen molar-refractivity contribution in [3.8, 4) is 11.3 Å². The standard InChI is InChI=1S/C12H14N2S/c1-8(2)12-14-11(7-15-12)9-3-5-10(13)6-4-9/h3-8H,13H2,1-2H3. The first kappa shape index (κ1) is 10.2. The molecule has 0 bridgehead atoms. The third-order valence-corrected chi connectivity index (χ3v) is 3.37. The van der Waals surface area contributed by atoms with Crippen LogP contribution in [0.2, 0.25) is 0 Å². The van der Waals surface area contributed by atoms with Gasteiger partial charge in [0.1, 0.15) is 0 Å². The van der Waals surface area contributed by atoms with Gasteiger partial charge in [0, 0.05) is 22.5 Å². The van der Waals surface area contributed by atoms with Gasteiger partial charge in [-0.25, -0.2) is 4.98 Å². The molecule has 0 aliphatic carbocycles. The van der Waals surface area contributed by atoms with Gasteiger partial charge in [0.15, 0.2) is 0 Å². The summed E-state index contributed by atoms with van der Waals surface area (Å²) < 4.78 is 0. The Bertz CT molecular complexity index is 443. The van der Waals surface area contributed by atoms with Crippen molar-refractivity contribution in [2.45, 2.75) is 19.8 Å². The summed E-state index contributed by atoms with van der Waals surface area (Å²) in [5, 5.41) is 3.28. The number of rotatable bonds is 2. The summed E-state index contributed by atoms with van der Waals surface area (Å²) in [5.74, 6) is 0.498. The van der Waals surface area contributed by atoms with E-state index in [1.165, 1.54) is 5.01 Å². The molecule has 0 saturated carbocycles. The van der Waals surface area contributed by atoms with E-state index >= 15 is 0 Å². The van der Waals surface area contributed by atoms with Crippen molar-refractivity contribution in [2.75, 3.05) is 5.73 Å². The van der Waals surface area contributed by atoms with Crippen LogP contribution in [0.4, 0.5) is 5.69 Å². The van der Waals surface area contributed by atoms with Crippen LogP contribution in [0.15, 0.2) is 29.6 Å². The van der Waals surface area contributed by atoms with Crippen molar-refractivity contribution >= 4 is 17.0 Å². The van der Waals surface area contributed by atoms with Crippen LogP contribution in [0.5, 0.6) is 0 Å². The Balaban J connectivity index is 2.33. The van der Waals surface area contributed by atoms with Crippen LogP contribution in [0.1, 0.15) is 24.8 Å². The van der Waals surface area contributed by atoms with Gasteiger partial charge in [-0.3, -0.25) is 0 Å². The largest absolute Gasteiger partial charge is 0.399 e. The quantitative estimate of drug-likeness (QED) is 0.783. The zero-order valence-electron chi connectivity index (χ0n) is 8.90. The monoisotopic (exact) mass is 218 g/mol. The fraction of sp³-hybridized carbons (Fsp3) is 0.250. The van der Waals surface area contributed by atoms with Gasteiger partial charge in [0.25, 0.3) is 0 Å². The van der Waals surface area contributed by atoms with Gasteiger partial charge in [-0.2, -0.15) is 0 Å². The number of benzene rings is 1. The summed E-state index contributed by atoms with van der Waals surface area (Å²) in [5.41, 5.74) is 8.61. The minimum Gasteiger partial charge on any atom is -0.399 e. The Kier molecular flexibility index (Phi) is 2.73. The molecular formula is C12H14N2S. The maximum absolute atomic E-state index is 5.64. The van der Waals surface area contributed by atoms with Crippen LogP contribution in [-0.2, 0) is 0 Å². The Morgan fingerprint density at radius 1 is 1.20 bits per heavy atom. The second-order valence-corrected chi connectivity index (χ2v) is 4.74. The summed E-state index contributed by atoms with van der Waals surface area (Å²) in [6.45, 7) is 4.32. The summed E-state index contributed by atoms with van der Waals surface area (Å²) in [7, 11) is 0. The molecule has 1 heterocycles. The van der Waals surface area contributed by atoms with Crippen LogP contribution < -0.4 is 5.73 Å². The van der Waals surface area contributed by atoms with Gasteiger partial charge >= 0.3 is 0 Å². The lowest BCUT2D eigenvalue weighted by Gasteiger charge is -1.98. The van der Waals surface area contributed by atoms with Crippen molar-refractivity contribution in [2.24, 2.45) is 0 Å². The number of hydrogen-bond donors (Lipinski definition) is 1. The maximum atomic E-state index is 5.64. The number of aromatic nitrogens is 1. The molecular weight excluding hydrogens is 204 g/mol. The molecule has 0 atom stereocenters. The molecule has 0 amide bonds. The highest BCUT2D eigenvalue weighted by Crippen LogP contribution is 2.26. The molecule has 15 heavy (non-hydrogen) atoms. The predicted octanol–water partition coefficient (Wildman–Crippen LogP) is 3.52. The number of nitrogens with two attached hydrogens (primary N) is 1. The third-order valence-electron chi connectivity index (χ3n) is 2.22. The molecule has 0 aliphatic rings. The van der Waals surface area contributed by atoms with Crippen LogP contribution in [0.25, 0.3) is 11.3 Å². The first-order chi connectivity index (χ1) is 7.16. The Morgan fingerprint density at radius 3 is 2.40 bits per heavy atom. The molecule has 2 N–H and O–H groups in total. The van der Waals surface area contributed by atoms with E-state index in [1.807, 2.05) is 24.3 Å². The summed E-state index contributed by atoms with van der Waals surface area (Å²) in [6.07, 6.45) is 0. The van der Waals surface area contributed by atoms with Crippen molar-refractivity contribution in [3.05, 3.63) is 34.7 Å². The Hall–Kier alpha value is -1.35. The molecule has 0 saturated heterocycles. The predicted molar refractivity (Wildman–Crippen MR) is 66.1 cm³/mol. The lowest BCUT2D eigenvalue weighted by molar-refractivity contribution is 0.853. The van der Waals surface area contributed by atoms with Gasteiger partial charge in [0.2, 0.25) is 0 Å². The van der Waals surface area contributed by atoms with E-state index < -0.39 is 0 Å². The number of hydrogen-bond acceptors (Lipinski definition) is 3. The molecule has 78 valence electrons. The zero-order chi connectivity index (χ0) is 10.8. The highest BCUT2D eigenvalue weighted by atomic mass is 32.1. The van der Waals surface area contributed by atoms with Gasteiger partial charge in [-0.15, -0.1) is 11.3 Å². The van der Waals surface area contributed by atoms with Crippen LogP contribution in [0, 0.1) is 0 Å². The van der Waals surface area contributed by atoms with E-state index in [2.05, 4.69) is 24.2 Å².